The van der Waals surface area contributed by atoms with Crippen molar-refractivity contribution in [2.75, 3.05) is 38.3 Å². The van der Waals surface area contributed by atoms with Crippen molar-refractivity contribution >= 4 is 39.8 Å². The molecule has 0 fully saturated rings. The molecule has 0 aliphatic rings. The second-order valence-electron chi connectivity index (χ2n) is 6.07. The van der Waals surface area contributed by atoms with Crippen LogP contribution in [0.3, 0.4) is 0 Å². The van der Waals surface area contributed by atoms with Crippen LogP contribution in [0.4, 0.5) is 0 Å². The van der Waals surface area contributed by atoms with Gasteiger partial charge in [0.05, 0.1) is 25.5 Å². The Morgan fingerprint density at radius 2 is 1.92 bits per heavy atom. The summed E-state index contributed by atoms with van der Waals surface area (Å²) in [6.07, 6.45) is 3.24. The van der Waals surface area contributed by atoms with Gasteiger partial charge in [0, 0.05) is 18.8 Å². The molecule has 2 N–H and O–H groups in total. The van der Waals surface area contributed by atoms with E-state index in [4.69, 9.17) is 4.74 Å². The van der Waals surface area contributed by atoms with Crippen molar-refractivity contribution in [2.24, 2.45) is 4.99 Å². The van der Waals surface area contributed by atoms with Gasteiger partial charge in [0.15, 0.2) is 5.96 Å². The van der Waals surface area contributed by atoms with Crippen LogP contribution in [0.1, 0.15) is 25.8 Å². The number of ether oxygens (including phenoxy) is 1. The van der Waals surface area contributed by atoms with Gasteiger partial charge in [-0.3, -0.25) is 4.99 Å². The highest BCUT2D eigenvalue weighted by atomic mass is 127. The largest absolute Gasteiger partial charge is 0.378 e. The summed E-state index contributed by atoms with van der Waals surface area (Å²) in [5, 5.41) is 6.61. The van der Waals surface area contributed by atoms with E-state index in [0.29, 0.717) is 19.2 Å². The Balaban J connectivity index is 0.00000625. The minimum absolute atomic E-state index is 0. The van der Waals surface area contributed by atoms with Crippen molar-refractivity contribution in [3.05, 3.63) is 35.9 Å². The van der Waals surface area contributed by atoms with Crippen LogP contribution in [0.5, 0.6) is 0 Å². The molecule has 0 saturated carbocycles. The molecule has 150 valence electrons. The Kier molecular flexibility index (Phi) is 13.7. The quantitative estimate of drug-likeness (QED) is 0.212. The summed E-state index contributed by atoms with van der Waals surface area (Å²) in [5.74, 6) is 0.806. The molecule has 0 radical (unpaired) electrons. The Hall–Kier alpha value is -0.870. The average molecular weight is 497 g/mol. The monoisotopic (exact) mass is 497 g/mol. The number of sulfone groups is 1. The molecule has 0 spiro atoms. The van der Waals surface area contributed by atoms with Gasteiger partial charge in [-0.15, -0.1) is 24.0 Å². The smallest absolute Gasteiger partial charge is 0.191 e. The third-order valence-electron chi connectivity index (χ3n) is 3.54. The van der Waals surface area contributed by atoms with Crippen LogP contribution in [-0.4, -0.2) is 58.7 Å². The first-order chi connectivity index (χ1) is 11.9. The molecule has 1 unspecified atom stereocenters. The topological polar surface area (TPSA) is 79.8 Å². The van der Waals surface area contributed by atoms with E-state index >= 15 is 0 Å². The summed E-state index contributed by atoms with van der Waals surface area (Å²) < 4.78 is 27.3. The summed E-state index contributed by atoms with van der Waals surface area (Å²) in [4.78, 5) is 4.46. The van der Waals surface area contributed by atoms with E-state index in [1.807, 2.05) is 13.0 Å². The number of aryl methyl sites for hydroxylation is 1. The molecule has 0 aliphatic heterocycles. The fraction of sp³-hybridized carbons (Fsp3) is 0.611. The first-order valence-electron chi connectivity index (χ1n) is 8.75. The van der Waals surface area contributed by atoms with Gasteiger partial charge >= 0.3 is 0 Å². The van der Waals surface area contributed by atoms with Gasteiger partial charge in [-0.25, -0.2) is 8.42 Å². The van der Waals surface area contributed by atoms with E-state index in [-0.39, 0.29) is 36.3 Å². The fourth-order valence-corrected chi connectivity index (χ4v) is 2.61. The van der Waals surface area contributed by atoms with Crippen molar-refractivity contribution in [3.63, 3.8) is 0 Å². The normalized spacial score (nSPS) is 13.0. The predicted octanol–water partition coefficient (Wildman–Crippen LogP) is 2.24. The maximum atomic E-state index is 11.0. The van der Waals surface area contributed by atoms with Crippen molar-refractivity contribution in [2.45, 2.75) is 32.7 Å². The van der Waals surface area contributed by atoms with Crippen molar-refractivity contribution in [3.8, 4) is 0 Å². The lowest BCUT2D eigenvalue weighted by Crippen LogP contribution is -2.42. The number of rotatable bonds is 11. The van der Waals surface area contributed by atoms with Crippen LogP contribution in [0.15, 0.2) is 35.3 Å². The van der Waals surface area contributed by atoms with Gasteiger partial charge in [0.2, 0.25) is 0 Å². The van der Waals surface area contributed by atoms with E-state index < -0.39 is 9.84 Å². The van der Waals surface area contributed by atoms with Crippen LogP contribution in [0.25, 0.3) is 0 Å². The minimum atomic E-state index is -2.97. The summed E-state index contributed by atoms with van der Waals surface area (Å²) in [6, 6.07) is 10.7. The highest BCUT2D eigenvalue weighted by Crippen LogP contribution is 2.04. The fourth-order valence-electron chi connectivity index (χ4n) is 2.19. The van der Waals surface area contributed by atoms with Gasteiger partial charge in [-0.05, 0) is 32.3 Å². The van der Waals surface area contributed by atoms with Crippen molar-refractivity contribution in [1.82, 2.24) is 10.6 Å². The van der Waals surface area contributed by atoms with Gasteiger partial charge in [-0.1, -0.05) is 30.3 Å². The SMILES string of the molecule is CCNC(=NCCOCCS(C)(=O)=O)NC(C)CCc1ccccc1.I. The molecule has 1 aromatic carbocycles. The molecule has 0 aliphatic carbocycles. The lowest BCUT2D eigenvalue weighted by molar-refractivity contribution is 0.157. The number of hydrogen-bond acceptors (Lipinski definition) is 4. The summed E-state index contributed by atoms with van der Waals surface area (Å²) >= 11 is 0. The zero-order valence-corrected chi connectivity index (χ0v) is 19.0. The number of aliphatic imine (C=N–C) groups is 1. The molecule has 0 bridgehead atoms. The maximum Gasteiger partial charge on any atom is 0.191 e. The lowest BCUT2D eigenvalue weighted by atomic mass is 10.1. The number of guanidine groups is 1. The van der Waals surface area contributed by atoms with Crippen molar-refractivity contribution in [1.29, 1.82) is 0 Å². The highest BCUT2D eigenvalue weighted by molar-refractivity contribution is 14.0. The predicted molar refractivity (Wildman–Crippen MR) is 119 cm³/mol. The molecule has 0 saturated heterocycles. The van der Waals surface area contributed by atoms with Crippen LogP contribution in [0.2, 0.25) is 0 Å². The third kappa shape index (κ3) is 13.3. The van der Waals surface area contributed by atoms with E-state index in [1.165, 1.54) is 11.8 Å². The second-order valence-corrected chi connectivity index (χ2v) is 8.33. The third-order valence-corrected chi connectivity index (χ3v) is 4.45. The van der Waals surface area contributed by atoms with Crippen LogP contribution < -0.4 is 10.6 Å². The molecule has 26 heavy (non-hydrogen) atoms. The summed E-state index contributed by atoms with van der Waals surface area (Å²) in [5.41, 5.74) is 1.33. The molecular weight excluding hydrogens is 465 g/mol. The number of hydrogen-bond donors (Lipinski definition) is 2. The van der Waals surface area contributed by atoms with E-state index in [0.717, 1.165) is 25.3 Å². The van der Waals surface area contributed by atoms with Gasteiger partial charge in [0.1, 0.15) is 9.84 Å². The Labute approximate surface area is 175 Å². The van der Waals surface area contributed by atoms with E-state index in [1.54, 1.807) is 0 Å². The van der Waals surface area contributed by atoms with Crippen LogP contribution >= 0.6 is 24.0 Å². The molecule has 0 heterocycles. The lowest BCUT2D eigenvalue weighted by Gasteiger charge is -2.18. The van der Waals surface area contributed by atoms with Gasteiger partial charge in [-0.2, -0.15) is 0 Å². The van der Waals surface area contributed by atoms with Gasteiger partial charge in [0.25, 0.3) is 0 Å². The Morgan fingerprint density at radius 3 is 2.54 bits per heavy atom. The number of nitrogens with one attached hydrogen (secondary N) is 2. The Morgan fingerprint density at radius 1 is 1.23 bits per heavy atom. The zero-order chi connectivity index (χ0) is 18.5. The van der Waals surface area contributed by atoms with Crippen LogP contribution in [0, 0.1) is 0 Å². The number of benzene rings is 1. The highest BCUT2D eigenvalue weighted by Gasteiger charge is 2.06. The zero-order valence-electron chi connectivity index (χ0n) is 15.9. The number of nitrogens with zero attached hydrogens (tertiary/aromatic N) is 1. The maximum absolute atomic E-state index is 11.0. The molecule has 0 amide bonds. The molecular formula is C18H32IN3O3S. The average Bonchev–Trinajstić information content (AvgIpc) is 2.56. The number of halogens is 1. The molecule has 1 atom stereocenters. The van der Waals surface area contributed by atoms with Crippen molar-refractivity contribution < 1.29 is 13.2 Å². The standard InChI is InChI=1S/C18H31N3O3S.HI/c1-4-19-18(20-12-13-24-14-15-25(3,22)23)21-16(2)10-11-17-8-6-5-7-9-17;/h5-9,16H,4,10-15H2,1-3H3,(H2,19,20,21);1H. The first-order valence-corrected chi connectivity index (χ1v) is 10.8. The molecule has 1 aromatic rings. The Bertz CT molecular complexity index is 609. The first kappa shape index (κ1) is 25.1. The molecule has 6 nitrogen and oxygen atoms in total. The van der Waals surface area contributed by atoms with Crippen LogP contribution in [-0.2, 0) is 21.0 Å². The minimum Gasteiger partial charge on any atom is -0.378 e. The van der Waals surface area contributed by atoms with E-state index in [2.05, 4.69) is 46.8 Å². The summed E-state index contributed by atoms with van der Waals surface area (Å²) in [7, 11) is -2.97. The molecule has 0 aromatic heterocycles. The molecule has 8 heteroatoms. The van der Waals surface area contributed by atoms with Gasteiger partial charge < -0.3 is 15.4 Å². The summed E-state index contributed by atoms with van der Waals surface area (Å²) in [6.45, 7) is 6.06. The van der Waals surface area contributed by atoms with E-state index in [9.17, 15) is 8.42 Å². The second kappa shape index (κ2) is 14.2. The molecule has 1 rings (SSSR count).